The van der Waals surface area contributed by atoms with Gasteiger partial charge in [0.1, 0.15) is 12.1 Å². The number of benzene rings is 2. The number of ether oxygens (including phenoxy) is 1. The first-order valence-electron chi connectivity index (χ1n) is 11.1. The van der Waals surface area contributed by atoms with Crippen molar-refractivity contribution in [1.29, 1.82) is 0 Å². The molecule has 1 saturated carbocycles. The van der Waals surface area contributed by atoms with Crippen LogP contribution in [0.5, 0.6) is 0 Å². The van der Waals surface area contributed by atoms with Crippen molar-refractivity contribution in [3.63, 3.8) is 0 Å². The zero-order valence-electron chi connectivity index (χ0n) is 18.1. The van der Waals surface area contributed by atoms with Gasteiger partial charge in [-0.25, -0.2) is 4.79 Å². The number of amides is 2. The van der Waals surface area contributed by atoms with Crippen molar-refractivity contribution in [3.05, 3.63) is 59.7 Å². The van der Waals surface area contributed by atoms with E-state index >= 15 is 0 Å². The third kappa shape index (κ3) is 4.47. The number of alkyl carbamates (subject to hydrolysis) is 1. The standard InChI is InChI=1S/C25H28N2O5/c1-2-16(13-22(28)29)14-26-23(30)25(11-12-25)27-24(31)32-15-21-19-9-5-3-7-17(19)18-8-4-6-10-20(18)21/h3-10,16,21H,2,11-15H2,1H3,(H,26,30)(H,27,31)(H,28,29). The van der Waals surface area contributed by atoms with Crippen molar-refractivity contribution in [2.45, 2.75) is 44.1 Å². The molecule has 0 bridgehead atoms. The number of carbonyl (C=O) groups is 3. The molecule has 0 saturated heterocycles. The topological polar surface area (TPSA) is 105 Å². The van der Waals surface area contributed by atoms with E-state index in [1.54, 1.807) is 0 Å². The smallest absolute Gasteiger partial charge is 0.408 e. The van der Waals surface area contributed by atoms with E-state index in [9.17, 15) is 14.4 Å². The second-order valence-electron chi connectivity index (χ2n) is 8.61. The maximum atomic E-state index is 12.6. The van der Waals surface area contributed by atoms with E-state index in [-0.39, 0.29) is 37.3 Å². The molecule has 2 aromatic rings. The van der Waals surface area contributed by atoms with Crippen LogP contribution in [0.3, 0.4) is 0 Å². The minimum atomic E-state index is -0.954. The molecule has 3 N–H and O–H groups in total. The Hall–Kier alpha value is -3.35. The summed E-state index contributed by atoms with van der Waals surface area (Å²) in [7, 11) is 0. The van der Waals surface area contributed by atoms with Crippen LogP contribution in [0.1, 0.15) is 49.7 Å². The summed E-state index contributed by atoms with van der Waals surface area (Å²) in [4.78, 5) is 36.1. The van der Waals surface area contributed by atoms with Gasteiger partial charge in [0.2, 0.25) is 5.91 Å². The minimum Gasteiger partial charge on any atom is -0.481 e. The molecular weight excluding hydrogens is 408 g/mol. The number of hydrogen-bond donors (Lipinski definition) is 3. The number of carboxylic acids is 1. The zero-order chi connectivity index (χ0) is 22.7. The Balaban J connectivity index is 1.33. The average molecular weight is 437 g/mol. The molecule has 168 valence electrons. The van der Waals surface area contributed by atoms with Gasteiger partial charge in [0.15, 0.2) is 0 Å². The number of carbonyl (C=O) groups excluding carboxylic acids is 2. The van der Waals surface area contributed by atoms with E-state index in [2.05, 4.69) is 34.9 Å². The molecule has 4 rings (SSSR count). The molecule has 32 heavy (non-hydrogen) atoms. The van der Waals surface area contributed by atoms with Crippen molar-refractivity contribution in [2.75, 3.05) is 13.2 Å². The minimum absolute atomic E-state index is 0.00356. The molecule has 0 aromatic heterocycles. The Labute approximate surface area is 187 Å². The lowest BCUT2D eigenvalue weighted by molar-refractivity contribution is -0.138. The predicted molar refractivity (Wildman–Crippen MR) is 119 cm³/mol. The van der Waals surface area contributed by atoms with E-state index in [0.29, 0.717) is 19.3 Å². The quantitative estimate of drug-likeness (QED) is 0.556. The van der Waals surface area contributed by atoms with Gasteiger partial charge in [-0.1, -0.05) is 61.9 Å². The van der Waals surface area contributed by atoms with E-state index in [1.807, 2.05) is 31.2 Å². The van der Waals surface area contributed by atoms with Gasteiger partial charge in [0, 0.05) is 18.9 Å². The van der Waals surface area contributed by atoms with Gasteiger partial charge in [-0.2, -0.15) is 0 Å². The highest BCUT2D eigenvalue weighted by Gasteiger charge is 2.51. The van der Waals surface area contributed by atoms with E-state index in [4.69, 9.17) is 9.84 Å². The van der Waals surface area contributed by atoms with Crippen LogP contribution >= 0.6 is 0 Å². The van der Waals surface area contributed by atoms with Crippen LogP contribution in [0.15, 0.2) is 48.5 Å². The van der Waals surface area contributed by atoms with Crippen molar-refractivity contribution >= 4 is 18.0 Å². The Morgan fingerprint density at radius 2 is 1.66 bits per heavy atom. The van der Waals surface area contributed by atoms with Crippen molar-refractivity contribution < 1.29 is 24.2 Å². The molecule has 2 aliphatic carbocycles. The van der Waals surface area contributed by atoms with E-state index in [0.717, 1.165) is 22.3 Å². The summed E-state index contributed by atoms with van der Waals surface area (Å²) in [6.45, 7) is 2.35. The molecule has 0 spiro atoms. The lowest BCUT2D eigenvalue weighted by Crippen LogP contribution is -2.50. The van der Waals surface area contributed by atoms with Gasteiger partial charge in [-0.3, -0.25) is 9.59 Å². The van der Waals surface area contributed by atoms with Crippen LogP contribution in [0.25, 0.3) is 11.1 Å². The largest absolute Gasteiger partial charge is 0.481 e. The third-order valence-electron chi connectivity index (χ3n) is 6.46. The maximum absolute atomic E-state index is 12.6. The van der Waals surface area contributed by atoms with Gasteiger partial charge in [0.05, 0.1) is 0 Å². The number of nitrogens with one attached hydrogen (secondary N) is 2. The van der Waals surface area contributed by atoms with Gasteiger partial charge in [0.25, 0.3) is 0 Å². The Kier molecular flexibility index (Phi) is 6.17. The SMILES string of the molecule is CCC(CNC(=O)C1(NC(=O)OCC2c3ccccc3-c3ccccc32)CC1)CC(=O)O. The van der Waals surface area contributed by atoms with Gasteiger partial charge in [-0.05, 0) is 41.0 Å². The number of rotatable bonds is 9. The fraction of sp³-hybridized carbons (Fsp3) is 0.400. The molecule has 2 aliphatic rings. The predicted octanol–water partition coefficient (Wildman–Crippen LogP) is 3.67. The fourth-order valence-corrected chi connectivity index (χ4v) is 4.38. The Morgan fingerprint density at radius 1 is 1.06 bits per heavy atom. The lowest BCUT2D eigenvalue weighted by atomic mass is 9.98. The summed E-state index contributed by atoms with van der Waals surface area (Å²) in [6.07, 6.45) is 1.12. The average Bonchev–Trinajstić information content (AvgIpc) is 3.50. The molecular formula is C25H28N2O5. The van der Waals surface area contributed by atoms with E-state index in [1.165, 1.54) is 0 Å². The van der Waals surface area contributed by atoms with Crippen LogP contribution < -0.4 is 10.6 Å². The molecule has 0 heterocycles. The highest BCUT2D eigenvalue weighted by atomic mass is 16.5. The molecule has 2 aromatic carbocycles. The Morgan fingerprint density at radius 3 is 2.19 bits per heavy atom. The van der Waals surface area contributed by atoms with Gasteiger partial charge < -0.3 is 20.5 Å². The van der Waals surface area contributed by atoms with Gasteiger partial charge in [-0.15, -0.1) is 0 Å². The van der Waals surface area contributed by atoms with Crippen LogP contribution in [0.4, 0.5) is 4.79 Å². The highest BCUT2D eigenvalue weighted by Crippen LogP contribution is 2.44. The number of aliphatic carboxylic acids is 1. The van der Waals surface area contributed by atoms with Gasteiger partial charge >= 0.3 is 12.1 Å². The summed E-state index contributed by atoms with van der Waals surface area (Å²) in [6, 6.07) is 16.2. The summed E-state index contributed by atoms with van der Waals surface area (Å²) in [5.41, 5.74) is 3.61. The second-order valence-corrected chi connectivity index (χ2v) is 8.61. The summed E-state index contributed by atoms with van der Waals surface area (Å²) in [5, 5.41) is 14.5. The molecule has 0 radical (unpaired) electrons. The van der Waals surface area contributed by atoms with Crippen molar-refractivity contribution in [1.82, 2.24) is 10.6 Å². The third-order valence-corrected chi connectivity index (χ3v) is 6.46. The van der Waals surface area contributed by atoms with Crippen molar-refractivity contribution in [2.24, 2.45) is 5.92 Å². The molecule has 2 amide bonds. The second kappa shape index (κ2) is 9.02. The van der Waals surface area contributed by atoms with Crippen LogP contribution in [0, 0.1) is 5.92 Å². The first-order valence-corrected chi connectivity index (χ1v) is 11.1. The fourth-order valence-electron chi connectivity index (χ4n) is 4.38. The first-order chi connectivity index (χ1) is 15.4. The van der Waals surface area contributed by atoms with Crippen molar-refractivity contribution in [3.8, 4) is 11.1 Å². The molecule has 1 fully saturated rings. The maximum Gasteiger partial charge on any atom is 0.408 e. The zero-order valence-corrected chi connectivity index (χ0v) is 18.1. The first kappa shape index (κ1) is 21.9. The molecule has 1 atom stereocenters. The normalized spacial score (nSPS) is 16.4. The molecule has 0 aliphatic heterocycles. The summed E-state index contributed by atoms with van der Waals surface area (Å²) >= 11 is 0. The lowest BCUT2D eigenvalue weighted by Gasteiger charge is -2.20. The number of hydrogen-bond acceptors (Lipinski definition) is 4. The van der Waals surface area contributed by atoms with Crippen LogP contribution in [-0.4, -0.2) is 41.8 Å². The summed E-state index contributed by atoms with van der Waals surface area (Å²) < 4.78 is 5.56. The molecule has 7 nitrogen and oxygen atoms in total. The van der Waals surface area contributed by atoms with E-state index < -0.39 is 17.6 Å². The highest BCUT2D eigenvalue weighted by molar-refractivity contribution is 5.92. The molecule has 1 unspecified atom stereocenters. The summed E-state index contributed by atoms with van der Waals surface area (Å²) in [5.74, 6) is -1.35. The molecule has 7 heteroatoms. The monoisotopic (exact) mass is 436 g/mol. The van der Waals surface area contributed by atoms with Crippen LogP contribution in [-0.2, 0) is 14.3 Å². The number of carboxylic acid groups (broad SMARTS) is 1. The number of fused-ring (bicyclic) bond motifs is 3. The van der Waals surface area contributed by atoms with Crippen LogP contribution in [0.2, 0.25) is 0 Å². The Bertz CT molecular complexity index is 985.